The summed E-state index contributed by atoms with van der Waals surface area (Å²) in [7, 11) is 0. The topological polar surface area (TPSA) is 40.5 Å². The Labute approximate surface area is 128 Å². The molecule has 0 radical (unpaired) electrons. The molecule has 2 aromatic rings. The number of hydrogen-bond acceptors (Lipinski definition) is 2. The van der Waals surface area contributed by atoms with Crippen LogP contribution in [-0.2, 0) is 5.41 Å². The van der Waals surface area contributed by atoms with Gasteiger partial charge in [-0.15, -0.1) is 0 Å². The van der Waals surface area contributed by atoms with Crippen molar-refractivity contribution in [2.24, 2.45) is 0 Å². The van der Waals surface area contributed by atoms with Crippen LogP contribution < -0.4 is 0 Å². The van der Waals surface area contributed by atoms with Crippen LogP contribution in [0.1, 0.15) is 31.4 Å². The second-order valence-electron chi connectivity index (χ2n) is 6.00. The highest BCUT2D eigenvalue weighted by atomic mass is 19.1. The minimum absolute atomic E-state index is 0.390. The van der Waals surface area contributed by atoms with Gasteiger partial charge in [-0.05, 0) is 52.8 Å². The van der Waals surface area contributed by atoms with E-state index in [0.29, 0.717) is 23.1 Å². The van der Waals surface area contributed by atoms with E-state index in [1.165, 1.54) is 24.3 Å². The number of aromatic hydroxyl groups is 2. The van der Waals surface area contributed by atoms with E-state index >= 15 is 0 Å². The average Bonchev–Trinajstić information content (AvgIpc) is 2.44. The van der Waals surface area contributed by atoms with Crippen molar-refractivity contribution in [1.82, 2.24) is 0 Å². The summed E-state index contributed by atoms with van der Waals surface area (Å²) < 4.78 is 26.9. The van der Waals surface area contributed by atoms with E-state index in [1.54, 1.807) is 12.1 Å². The number of phenols is 2. The third kappa shape index (κ3) is 3.27. The average molecular weight is 304 g/mol. The van der Waals surface area contributed by atoms with Crippen LogP contribution in [-0.4, -0.2) is 10.2 Å². The van der Waals surface area contributed by atoms with Gasteiger partial charge < -0.3 is 10.2 Å². The Bertz CT molecular complexity index is 721. The molecule has 2 N–H and O–H groups in total. The summed E-state index contributed by atoms with van der Waals surface area (Å²) in [5, 5.41) is 18.5. The highest BCUT2D eigenvalue weighted by Crippen LogP contribution is 2.35. The maximum atomic E-state index is 13.5. The van der Waals surface area contributed by atoms with Crippen molar-refractivity contribution in [2.75, 3.05) is 0 Å². The Morgan fingerprint density at radius 1 is 1.00 bits per heavy atom. The van der Waals surface area contributed by atoms with Gasteiger partial charge in [0, 0.05) is 0 Å². The monoisotopic (exact) mass is 304 g/mol. The number of allylic oxidation sites excluding steroid dienone is 1. The largest absolute Gasteiger partial charge is 0.505 e. The molecule has 116 valence electrons. The van der Waals surface area contributed by atoms with Crippen LogP contribution in [0.15, 0.2) is 43.0 Å². The normalized spacial score (nSPS) is 11.5. The van der Waals surface area contributed by atoms with Crippen molar-refractivity contribution in [3.05, 3.63) is 65.7 Å². The van der Waals surface area contributed by atoms with E-state index in [1.807, 2.05) is 13.8 Å². The van der Waals surface area contributed by atoms with Gasteiger partial charge in [-0.25, -0.2) is 8.78 Å². The summed E-state index contributed by atoms with van der Waals surface area (Å²) in [6.07, 6.45) is 0.474. The number of halogens is 2. The van der Waals surface area contributed by atoms with Gasteiger partial charge in [0.25, 0.3) is 0 Å². The highest BCUT2D eigenvalue weighted by molar-refractivity contribution is 5.65. The minimum Gasteiger partial charge on any atom is -0.505 e. The predicted molar refractivity (Wildman–Crippen MR) is 82.8 cm³/mol. The summed E-state index contributed by atoms with van der Waals surface area (Å²) in [6.45, 7) is 7.79. The first-order valence-electron chi connectivity index (χ1n) is 6.86. The molecule has 0 unspecified atom stereocenters. The van der Waals surface area contributed by atoms with E-state index in [9.17, 15) is 19.0 Å². The zero-order chi connectivity index (χ0) is 16.5. The minimum atomic E-state index is -0.702. The standard InChI is InChI=1S/C18H18F2O2/c1-11(12-4-6-16(21)14(19)8-12)10-18(2,3)13-5-7-17(22)15(20)9-13/h4-9,21-22H,1,10H2,2-3H3. The fraction of sp³-hybridized carbons (Fsp3) is 0.222. The molecule has 0 spiro atoms. The SMILES string of the molecule is C=C(CC(C)(C)c1ccc(O)c(F)c1)c1ccc(O)c(F)c1. The van der Waals surface area contributed by atoms with Crippen molar-refractivity contribution < 1.29 is 19.0 Å². The fourth-order valence-corrected chi connectivity index (χ4v) is 2.39. The first-order chi connectivity index (χ1) is 10.2. The van der Waals surface area contributed by atoms with Crippen LogP contribution >= 0.6 is 0 Å². The molecule has 0 atom stereocenters. The molecule has 2 aromatic carbocycles. The zero-order valence-corrected chi connectivity index (χ0v) is 12.5. The molecule has 0 heterocycles. The molecular formula is C18H18F2O2. The van der Waals surface area contributed by atoms with Gasteiger partial charge in [-0.1, -0.05) is 32.6 Å². The lowest BCUT2D eigenvalue weighted by atomic mass is 9.78. The van der Waals surface area contributed by atoms with Gasteiger partial charge in [0.1, 0.15) is 0 Å². The van der Waals surface area contributed by atoms with Crippen LogP contribution in [0.4, 0.5) is 8.78 Å². The molecule has 0 aliphatic carbocycles. The van der Waals surface area contributed by atoms with Crippen molar-refractivity contribution in [3.63, 3.8) is 0 Å². The maximum absolute atomic E-state index is 13.5. The second-order valence-corrected chi connectivity index (χ2v) is 6.00. The van der Waals surface area contributed by atoms with Crippen molar-refractivity contribution in [3.8, 4) is 11.5 Å². The molecule has 0 amide bonds. The number of hydrogen-bond donors (Lipinski definition) is 2. The molecule has 2 nitrogen and oxygen atoms in total. The quantitative estimate of drug-likeness (QED) is 0.855. The molecule has 0 fully saturated rings. The molecule has 0 aromatic heterocycles. The van der Waals surface area contributed by atoms with Gasteiger partial charge >= 0.3 is 0 Å². The van der Waals surface area contributed by atoms with E-state index in [0.717, 1.165) is 0 Å². The first kappa shape index (κ1) is 16.0. The molecule has 0 bridgehead atoms. The number of rotatable bonds is 4. The summed E-state index contributed by atoms with van der Waals surface area (Å²) in [5.41, 5.74) is 1.53. The highest BCUT2D eigenvalue weighted by Gasteiger charge is 2.23. The molecule has 4 heteroatoms. The number of benzene rings is 2. The van der Waals surface area contributed by atoms with Crippen LogP contribution in [0.2, 0.25) is 0 Å². The summed E-state index contributed by atoms with van der Waals surface area (Å²) in [6, 6.07) is 8.36. The summed E-state index contributed by atoms with van der Waals surface area (Å²) in [5.74, 6) is -2.17. The van der Waals surface area contributed by atoms with Gasteiger partial charge in [0.2, 0.25) is 0 Å². The Hall–Kier alpha value is -2.36. The van der Waals surface area contributed by atoms with Crippen molar-refractivity contribution in [1.29, 1.82) is 0 Å². The lowest BCUT2D eigenvalue weighted by molar-refractivity contribution is 0.429. The number of phenolic OH excluding ortho intramolecular Hbond substituents is 2. The van der Waals surface area contributed by atoms with Gasteiger partial charge in [0.05, 0.1) is 0 Å². The molecule has 2 rings (SSSR count). The van der Waals surface area contributed by atoms with E-state index in [4.69, 9.17) is 0 Å². The van der Waals surface area contributed by atoms with Crippen LogP contribution in [0.5, 0.6) is 11.5 Å². The van der Waals surface area contributed by atoms with Crippen LogP contribution in [0.25, 0.3) is 5.57 Å². The molecule has 0 saturated heterocycles. The van der Waals surface area contributed by atoms with Crippen molar-refractivity contribution >= 4 is 5.57 Å². The third-order valence-corrected chi connectivity index (χ3v) is 3.74. The first-order valence-corrected chi connectivity index (χ1v) is 6.86. The van der Waals surface area contributed by atoms with E-state index in [-0.39, 0.29) is 5.75 Å². The summed E-state index contributed by atoms with van der Waals surface area (Å²) in [4.78, 5) is 0. The molecular weight excluding hydrogens is 286 g/mol. The van der Waals surface area contributed by atoms with E-state index < -0.39 is 22.8 Å². The van der Waals surface area contributed by atoms with Gasteiger partial charge in [-0.2, -0.15) is 0 Å². The van der Waals surface area contributed by atoms with Gasteiger partial charge in [-0.3, -0.25) is 0 Å². The lowest BCUT2D eigenvalue weighted by Crippen LogP contribution is -2.17. The van der Waals surface area contributed by atoms with E-state index in [2.05, 4.69) is 6.58 Å². The van der Waals surface area contributed by atoms with Crippen LogP contribution in [0.3, 0.4) is 0 Å². The molecule has 0 saturated carbocycles. The fourth-order valence-electron chi connectivity index (χ4n) is 2.39. The van der Waals surface area contributed by atoms with Gasteiger partial charge in [0.15, 0.2) is 23.1 Å². The predicted octanol–water partition coefficient (Wildman–Crippen LogP) is 4.76. The third-order valence-electron chi connectivity index (χ3n) is 3.74. The maximum Gasteiger partial charge on any atom is 0.165 e. The Kier molecular flexibility index (Phi) is 4.22. The summed E-state index contributed by atoms with van der Waals surface area (Å²) >= 11 is 0. The molecule has 22 heavy (non-hydrogen) atoms. The lowest BCUT2D eigenvalue weighted by Gasteiger charge is -2.27. The second kappa shape index (κ2) is 5.79. The van der Waals surface area contributed by atoms with Crippen LogP contribution in [0, 0.1) is 11.6 Å². The smallest absolute Gasteiger partial charge is 0.165 e. The Balaban J connectivity index is 2.25. The Morgan fingerprint density at radius 2 is 1.55 bits per heavy atom. The molecule has 0 aliphatic rings. The van der Waals surface area contributed by atoms with Crippen molar-refractivity contribution in [2.45, 2.75) is 25.7 Å². The molecule has 0 aliphatic heterocycles. The Morgan fingerprint density at radius 3 is 2.09 bits per heavy atom. The zero-order valence-electron chi connectivity index (χ0n) is 12.5.